The summed E-state index contributed by atoms with van der Waals surface area (Å²) in [4.78, 5) is 32.8. The maximum Gasteiger partial charge on any atom is 0.415 e. The van der Waals surface area contributed by atoms with Crippen LogP contribution in [0.4, 0.5) is 4.79 Å². The first-order valence-electron chi connectivity index (χ1n) is 12.0. The van der Waals surface area contributed by atoms with Crippen LogP contribution < -0.4 is 4.74 Å². The summed E-state index contributed by atoms with van der Waals surface area (Å²) in [5, 5.41) is 22.8. The van der Waals surface area contributed by atoms with Crippen molar-refractivity contribution in [2.24, 2.45) is 0 Å². The molecule has 3 heterocycles. The summed E-state index contributed by atoms with van der Waals surface area (Å²) >= 11 is 3.22. The van der Waals surface area contributed by atoms with Gasteiger partial charge in [0.25, 0.3) is 0 Å². The molecule has 1 fully saturated rings. The van der Waals surface area contributed by atoms with Crippen molar-refractivity contribution < 1.29 is 19.4 Å². The molecule has 0 radical (unpaired) electrons. The Labute approximate surface area is 227 Å². The second-order valence-electron chi connectivity index (χ2n) is 8.53. The van der Waals surface area contributed by atoms with Crippen molar-refractivity contribution in [3.05, 3.63) is 72.1 Å². The number of carboxylic acid groups (broad SMARTS) is 1. The fourth-order valence-electron chi connectivity index (χ4n) is 3.95. The van der Waals surface area contributed by atoms with Crippen LogP contribution in [0.15, 0.2) is 71.2 Å². The van der Waals surface area contributed by atoms with E-state index >= 15 is 0 Å². The summed E-state index contributed by atoms with van der Waals surface area (Å²) in [5.74, 6) is 0.451. The van der Waals surface area contributed by atoms with Crippen LogP contribution in [0.1, 0.15) is 28.8 Å². The second-order valence-corrected chi connectivity index (χ2v) is 10.9. The van der Waals surface area contributed by atoms with E-state index in [0.717, 1.165) is 30.2 Å². The molecule has 0 aliphatic carbocycles. The van der Waals surface area contributed by atoms with E-state index in [1.165, 1.54) is 17.7 Å². The zero-order valence-electron chi connectivity index (χ0n) is 20.3. The molecule has 2 aromatic heterocycles. The number of H-pyrrole nitrogens is 1. The number of piperidine rings is 1. The molecule has 38 heavy (non-hydrogen) atoms. The van der Waals surface area contributed by atoms with Crippen molar-refractivity contribution in [1.29, 1.82) is 0 Å². The average molecular weight is 552 g/mol. The van der Waals surface area contributed by atoms with E-state index in [1.54, 1.807) is 51.4 Å². The number of carbonyl (C=O) groups excluding carboxylic acids is 1. The smallest absolute Gasteiger partial charge is 0.415 e. The van der Waals surface area contributed by atoms with E-state index in [0.29, 0.717) is 29.7 Å². The number of nitrogens with zero attached hydrogens (tertiary/aromatic N) is 6. The molecule has 196 valence electrons. The normalized spacial score (nSPS) is 13.9. The lowest BCUT2D eigenvalue weighted by Crippen LogP contribution is -2.41. The first-order valence-corrected chi connectivity index (χ1v) is 13.9. The number of tetrazole rings is 1. The Kier molecular flexibility index (Phi) is 8.24. The largest absolute Gasteiger partial charge is 0.478 e. The van der Waals surface area contributed by atoms with E-state index in [-0.39, 0.29) is 16.9 Å². The van der Waals surface area contributed by atoms with Crippen LogP contribution in [0.25, 0.3) is 5.69 Å². The number of hydrogen-bond acceptors (Lipinski definition) is 9. The molecule has 0 atom stereocenters. The van der Waals surface area contributed by atoms with Crippen LogP contribution in [0, 0.1) is 0 Å². The number of aromatic carboxylic acids is 1. The number of hydrogen-bond donors (Lipinski definition) is 2. The van der Waals surface area contributed by atoms with E-state index in [9.17, 15) is 9.59 Å². The minimum absolute atomic E-state index is 0.200. The highest BCUT2D eigenvalue weighted by molar-refractivity contribution is 7.99. The summed E-state index contributed by atoms with van der Waals surface area (Å²) in [7, 11) is 0. The van der Waals surface area contributed by atoms with E-state index < -0.39 is 5.97 Å². The van der Waals surface area contributed by atoms with Gasteiger partial charge >= 0.3 is 12.1 Å². The third-order valence-corrected chi connectivity index (χ3v) is 8.18. The number of carboxylic acids is 1. The first kappa shape index (κ1) is 25.8. The molecule has 4 aromatic rings. The van der Waals surface area contributed by atoms with Gasteiger partial charge < -0.3 is 19.7 Å². The molecule has 2 aromatic carbocycles. The van der Waals surface area contributed by atoms with Crippen LogP contribution in [0.2, 0.25) is 0 Å². The minimum Gasteiger partial charge on any atom is -0.478 e. The van der Waals surface area contributed by atoms with Crippen LogP contribution in [0.5, 0.6) is 5.75 Å². The number of likely N-dealkylation sites (tertiary alicyclic amines) is 1. The molecular weight excluding hydrogens is 526 g/mol. The van der Waals surface area contributed by atoms with Gasteiger partial charge in [-0.2, -0.15) is 4.68 Å². The number of rotatable bonds is 9. The number of aromatic nitrogens is 6. The molecule has 0 saturated carbocycles. The van der Waals surface area contributed by atoms with Crippen LogP contribution in [-0.4, -0.2) is 76.3 Å². The van der Waals surface area contributed by atoms with Gasteiger partial charge in [-0.3, -0.25) is 0 Å². The molecule has 11 nitrogen and oxygen atoms in total. The van der Waals surface area contributed by atoms with Crippen molar-refractivity contribution in [1.82, 2.24) is 35.1 Å². The maximum atomic E-state index is 12.7. The molecule has 1 amide bonds. The molecule has 13 heteroatoms. The van der Waals surface area contributed by atoms with Crippen molar-refractivity contribution in [3.8, 4) is 11.4 Å². The van der Waals surface area contributed by atoms with E-state index in [1.807, 2.05) is 30.5 Å². The van der Waals surface area contributed by atoms with Crippen molar-refractivity contribution in [2.75, 3.05) is 18.8 Å². The predicted molar refractivity (Wildman–Crippen MR) is 142 cm³/mol. The summed E-state index contributed by atoms with van der Waals surface area (Å²) in [6.45, 7) is 1.15. The zero-order chi connectivity index (χ0) is 26.3. The van der Waals surface area contributed by atoms with Gasteiger partial charge in [0, 0.05) is 36.5 Å². The maximum absolute atomic E-state index is 12.7. The molecule has 1 saturated heterocycles. The predicted octanol–water partition coefficient (Wildman–Crippen LogP) is 4.17. The highest BCUT2D eigenvalue weighted by atomic mass is 32.2. The molecular formula is C25H25N7O4S2. The molecule has 1 aliphatic rings. The van der Waals surface area contributed by atoms with Crippen LogP contribution in [0.3, 0.4) is 0 Å². The van der Waals surface area contributed by atoms with Crippen LogP contribution in [-0.2, 0) is 6.42 Å². The van der Waals surface area contributed by atoms with Crippen molar-refractivity contribution >= 4 is 35.6 Å². The fraction of sp³-hybridized carbons (Fsp3) is 0.280. The number of aromatic amines is 1. The minimum atomic E-state index is -0.985. The Morgan fingerprint density at radius 3 is 2.53 bits per heavy atom. The molecule has 0 spiro atoms. The fourth-order valence-corrected chi connectivity index (χ4v) is 5.84. The van der Waals surface area contributed by atoms with Gasteiger partial charge in [-0.25, -0.2) is 14.6 Å². The summed E-state index contributed by atoms with van der Waals surface area (Å²) in [6.07, 6.45) is 5.64. The SMILES string of the molecule is O=C(O)c1ccc(-n2nnnc2SC2CCN(C(=O)Oc3ccc(CCSc4ncc[nH]4)cc3)CC2)cc1. The van der Waals surface area contributed by atoms with Gasteiger partial charge in [0.15, 0.2) is 5.16 Å². The zero-order valence-corrected chi connectivity index (χ0v) is 21.9. The Bertz CT molecular complexity index is 1350. The number of carbonyl (C=O) groups is 2. The Morgan fingerprint density at radius 2 is 1.84 bits per heavy atom. The van der Waals surface area contributed by atoms with Gasteiger partial charge in [-0.15, -0.1) is 5.10 Å². The number of nitrogens with one attached hydrogen (secondary N) is 1. The van der Waals surface area contributed by atoms with Crippen molar-refractivity contribution in [2.45, 2.75) is 34.8 Å². The first-order chi connectivity index (χ1) is 18.5. The third-order valence-electron chi connectivity index (χ3n) is 6.00. The Balaban J connectivity index is 1.08. The summed E-state index contributed by atoms with van der Waals surface area (Å²) in [6, 6.07) is 14.0. The standard InChI is InChI=1S/C25H25N7O4S2/c33-22(34)18-3-5-19(6-4-18)32-24(28-29-30-32)38-21-9-14-31(15-10-21)25(35)36-20-7-1-17(2-8-20)11-16-37-23-26-12-13-27-23/h1-8,12-13,21H,9-11,14-16H2,(H,26,27)(H,33,34). The Morgan fingerprint density at radius 1 is 1.08 bits per heavy atom. The summed E-state index contributed by atoms with van der Waals surface area (Å²) < 4.78 is 7.19. The van der Waals surface area contributed by atoms with E-state index in [2.05, 4.69) is 25.5 Å². The van der Waals surface area contributed by atoms with Gasteiger partial charge in [0.2, 0.25) is 5.16 Å². The molecule has 2 N–H and O–H groups in total. The molecule has 1 aliphatic heterocycles. The topological polar surface area (TPSA) is 139 Å². The number of amides is 1. The average Bonchev–Trinajstić information content (AvgIpc) is 3.63. The number of ether oxygens (including phenoxy) is 1. The lowest BCUT2D eigenvalue weighted by Gasteiger charge is -2.30. The second kappa shape index (κ2) is 12.1. The number of benzene rings is 2. The lowest BCUT2D eigenvalue weighted by atomic mass is 10.1. The molecule has 5 rings (SSSR count). The van der Waals surface area contributed by atoms with Gasteiger partial charge in [0.05, 0.1) is 11.3 Å². The van der Waals surface area contributed by atoms with Crippen LogP contribution >= 0.6 is 23.5 Å². The number of thioether (sulfide) groups is 2. The molecule has 0 bridgehead atoms. The lowest BCUT2D eigenvalue weighted by molar-refractivity contribution is 0.0696. The quantitative estimate of drug-likeness (QED) is 0.291. The monoisotopic (exact) mass is 551 g/mol. The van der Waals surface area contributed by atoms with E-state index in [4.69, 9.17) is 9.84 Å². The summed E-state index contributed by atoms with van der Waals surface area (Å²) in [5.41, 5.74) is 2.05. The van der Waals surface area contributed by atoms with Gasteiger partial charge in [-0.05, 0) is 71.7 Å². The Hall–Kier alpha value is -3.84. The molecule has 0 unspecified atom stereocenters. The third kappa shape index (κ3) is 6.53. The number of imidazole rings is 1. The highest BCUT2D eigenvalue weighted by Crippen LogP contribution is 2.30. The van der Waals surface area contributed by atoms with Crippen molar-refractivity contribution in [3.63, 3.8) is 0 Å². The van der Waals surface area contributed by atoms with Gasteiger partial charge in [0.1, 0.15) is 5.75 Å². The number of aryl methyl sites for hydroxylation is 1. The highest BCUT2D eigenvalue weighted by Gasteiger charge is 2.26. The van der Waals surface area contributed by atoms with Gasteiger partial charge in [-0.1, -0.05) is 35.7 Å².